The van der Waals surface area contributed by atoms with Crippen molar-refractivity contribution in [3.63, 3.8) is 0 Å². The SMILES string of the molecule is CN1CC(CN2CCC(Oc3nccc(C(F)(F)F)n3)CC2)CC1=O. The van der Waals surface area contributed by atoms with E-state index in [-0.39, 0.29) is 18.0 Å². The number of halogens is 3. The Kier molecular flexibility index (Phi) is 5.12. The molecule has 1 amide bonds. The second-order valence-corrected chi connectivity index (χ2v) is 6.68. The average molecular weight is 358 g/mol. The van der Waals surface area contributed by atoms with Gasteiger partial charge in [0.05, 0.1) is 0 Å². The molecule has 0 saturated carbocycles. The third kappa shape index (κ3) is 4.59. The molecule has 2 fully saturated rings. The standard InChI is InChI=1S/C16H21F3N4O2/c1-22-9-11(8-14(22)24)10-23-6-3-12(4-7-23)25-15-20-5-2-13(21-15)16(17,18)19/h2,5,11-12H,3-4,6-10H2,1H3. The van der Waals surface area contributed by atoms with Gasteiger partial charge < -0.3 is 14.5 Å². The highest BCUT2D eigenvalue weighted by Crippen LogP contribution is 2.28. The second kappa shape index (κ2) is 7.15. The van der Waals surface area contributed by atoms with Crippen LogP contribution in [0.3, 0.4) is 0 Å². The summed E-state index contributed by atoms with van der Waals surface area (Å²) < 4.78 is 43.5. The Morgan fingerprint density at radius 2 is 2.04 bits per heavy atom. The van der Waals surface area contributed by atoms with Gasteiger partial charge in [0, 0.05) is 45.8 Å². The molecule has 6 nitrogen and oxygen atoms in total. The molecule has 138 valence electrons. The average Bonchev–Trinajstić information content (AvgIpc) is 2.87. The zero-order valence-corrected chi connectivity index (χ0v) is 14.0. The summed E-state index contributed by atoms with van der Waals surface area (Å²) in [5.41, 5.74) is -0.995. The third-order valence-corrected chi connectivity index (χ3v) is 4.67. The van der Waals surface area contributed by atoms with E-state index in [0.717, 1.165) is 38.4 Å². The lowest BCUT2D eigenvalue weighted by molar-refractivity contribution is -0.141. The number of carbonyl (C=O) groups excluding carboxylic acids is 1. The molecule has 3 rings (SSSR count). The number of hydrogen-bond acceptors (Lipinski definition) is 5. The molecule has 2 aliphatic rings. The van der Waals surface area contributed by atoms with Crippen molar-refractivity contribution < 1.29 is 22.7 Å². The monoisotopic (exact) mass is 358 g/mol. The Labute approximate surface area is 144 Å². The zero-order chi connectivity index (χ0) is 18.0. The highest BCUT2D eigenvalue weighted by atomic mass is 19.4. The lowest BCUT2D eigenvalue weighted by Crippen LogP contribution is -2.41. The second-order valence-electron chi connectivity index (χ2n) is 6.68. The minimum Gasteiger partial charge on any atom is -0.460 e. The number of piperidine rings is 1. The lowest BCUT2D eigenvalue weighted by Gasteiger charge is -2.33. The highest BCUT2D eigenvalue weighted by molar-refractivity contribution is 5.78. The number of hydrogen-bond donors (Lipinski definition) is 0. The molecule has 0 radical (unpaired) electrons. The van der Waals surface area contributed by atoms with E-state index in [2.05, 4.69) is 14.9 Å². The normalized spacial score (nSPS) is 23.3. The fraction of sp³-hybridized carbons (Fsp3) is 0.688. The summed E-state index contributed by atoms with van der Waals surface area (Å²) in [6.07, 6.45) is -1.63. The van der Waals surface area contributed by atoms with E-state index in [9.17, 15) is 18.0 Å². The molecule has 9 heteroatoms. The van der Waals surface area contributed by atoms with Gasteiger partial charge in [-0.1, -0.05) is 0 Å². The summed E-state index contributed by atoms with van der Waals surface area (Å²) in [6, 6.07) is 0.603. The van der Waals surface area contributed by atoms with Crippen molar-refractivity contribution in [1.29, 1.82) is 0 Å². The Hall–Kier alpha value is -1.90. The molecule has 0 aliphatic carbocycles. The van der Waals surface area contributed by atoms with Crippen LogP contribution in [-0.4, -0.2) is 65.0 Å². The number of aromatic nitrogens is 2. The maximum absolute atomic E-state index is 12.7. The van der Waals surface area contributed by atoms with Crippen LogP contribution in [0.2, 0.25) is 0 Å². The third-order valence-electron chi connectivity index (χ3n) is 4.67. The van der Waals surface area contributed by atoms with Gasteiger partial charge in [-0.15, -0.1) is 0 Å². The smallest absolute Gasteiger partial charge is 0.433 e. The van der Waals surface area contributed by atoms with E-state index >= 15 is 0 Å². The molecule has 2 saturated heterocycles. The number of likely N-dealkylation sites (tertiary alicyclic amines) is 2. The van der Waals surface area contributed by atoms with Gasteiger partial charge >= 0.3 is 12.2 Å². The molecule has 1 aromatic heterocycles. The molecule has 1 aromatic rings. The van der Waals surface area contributed by atoms with Gasteiger partial charge in [-0.2, -0.15) is 18.2 Å². The fourth-order valence-corrected chi connectivity index (χ4v) is 3.36. The van der Waals surface area contributed by atoms with Crippen molar-refractivity contribution >= 4 is 5.91 Å². The number of alkyl halides is 3. The molecule has 1 unspecified atom stereocenters. The maximum atomic E-state index is 12.7. The maximum Gasteiger partial charge on any atom is 0.433 e. The molecular formula is C16H21F3N4O2. The van der Waals surface area contributed by atoms with E-state index in [4.69, 9.17) is 4.74 Å². The predicted octanol–water partition coefficient (Wildman–Crippen LogP) is 1.82. The lowest BCUT2D eigenvalue weighted by atomic mass is 10.0. The van der Waals surface area contributed by atoms with Crippen molar-refractivity contribution in [1.82, 2.24) is 19.8 Å². The molecule has 0 aromatic carbocycles. The van der Waals surface area contributed by atoms with E-state index in [1.165, 1.54) is 0 Å². The first kappa shape index (κ1) is 17.9. The fourth-order valence-electron chi connectivity index (χ4n) is 3.36. The van der Waals surface area contributed by atoms with E-state index in [1.54, 1.807) is 4.90 Å². The Balaban J connectivity index is 1.47. The number of nitrogens with zero attached hydrogens (tertiary/aromatic N) is 4. The summed E-state index contributed by atoms with van der Waals surface area (Å²) in [4.78, 5) is 22.8. The van der Waals surface area contributed by atoms with Crippen molar-refractivity contribution in [3.8, 4) is 6.01 Å². The molecule has 1 atom stereocenters. The number of carbonyl (C=O) groups is 1. The van der Waals surface area contributed by atoms with E-state index in [0.29, 0.717) is 25.2 Å². The summed E-state index contributed by atoms with van der Waals surface area (Å²) in [5, 5.41) is 0. The Morgan fingerprint density at radius 3 is 2.64 bits per heavy atom. The summed E-state index contributed by atoms with van der Waals surface area (Å²) >= 11 is 0. The summed E-state index contributed by atoms with van der Waals surface area (Å²) in [7, 11) is 1.82. The predicted molar refractivity (Wildman–Crippen MR) is 82.9 cm³/mol. The van der Waals surface area contributed by atoms with Crippen LogP contribution in [0.5, 0.6) is 6.01 Å². The van der Waals surface area contributed by atoms with Crippen LogP contribution in [-0.2, 0) is 11.0 Å². The van der Waals surface area contributed by atoms with Crippen molar-refractivity contribution in [2.75, 3.05) is 33.2 Å². The Bertz CT molecular complexity index is 618. The van der Waals surface area contributed by atoms with Gasteiger partial charge in [0.1, 0.15) is 6.10 Å². The first-order valence-corrected chi connectivity index (χ1v) is 8.34. The van der Waals surface area contributed by atoms with Gasteiger partial charge in [-0.05, 0) is 24.8 Å². The molecule has 0 spiro atoms. The van der Waals surface area contributed by atoms with Gasteiger partial charge in [0.15, 0.2) is 5.69 Å². The van der Waals surface area contributed by atoms with Gasteiger partial charge in [0.2, 0.25) is 5.91 Å². The van der Waals surface area contributed by atoms with Crippen LogP contribution in [0, 0.1) is 5.92 Å². The largest absolute Gasteiger partial charge is 0.460 e. The van der Waals surface area contributed by atoms with Crippen LogP contribution in [0.4, 0.5) is 13.2 Å². The molecule has 0 N–H and O–H groups in total. The molecule has 3 heterocycles. The van der Waals surface area contributed by atoms with Crippen LogP contribution >= 0.6 is 0 Å². The summed E-state index contributed by atoms with van der Waals surface area (Å²) in [5.74, 6) is 0.534. The minimum atomic E-state index is -4.50. The van der Waals surface area contributed by atoms with E-state index < -0.39 is 11.9 Å². The van der Waals surface area contributed by atoms with Crippen LogP contribution in [0.25, 0.3) is 0 Å². The minimum absolute atomic E-state index is 0.185. The highest BCUT2D eigenvalue weighted by Gasteiger charge is 2.34. The van der Waals surface area contributed by atoms with Gasteiger partial charge in [-0.25, -0.2) is 4.98 Å². The molecular weight excluding hydrogens is 337 g/mol. The van der Waals surface area contributed by atoms with Crippen molar-refractivity contribution in [3.05, 3.63) is 18.0 Å². The van der Waals surface area contributed by atoms with Crippen LogP contribution < -0.4 is 4.74 Å². The number of rotatable bonds is 4. The van der Waals surface area contributed by atoms with E-state index in [1.807, 2.05) is 7.05 Å². The summed E-state index contributed by atoms with van der Waals surface area (Å²) in [6.45, 7) is 3.23. The topological polar surface area (TPSA) is 58.6 Å². The Morgan fingerprint density at radius 1 is 1.32 bits per heavy atom. The molecule has 0 bridgehead atoms. The van der Waals surface area contributed by atoms with Gasteiger partial charge in [0.25, 0.3) is 0 Å². The van der Waals surface area contributed by atoms with Crippen molar-refractivity contribution in [2.24, 2.45) is 5.92 Å². The van der Waals surface area contributed by atoms with Gasteiger partial charge in [-0.3, -0.25) is 4.79 Å². The van der Waals surface area contributed by atoms with Crippen molar-refractivity contribution in [2.45, 2.75) is 31.5 Å². The number of ether oxygens (including phenoxy) is 1. The quantitative estimate of drug-likeness (QED) is 0.822. The first-order chi connectivity index (χ1) is 11.8. The molecule has 25 heavy (non-hydrogen) atoms. The molecule has 2 aliphatic heterocycles. The first-order valence-electron chi connectivity index (χ1n) is 8.34. The zero-order valence-electron chi connectivity index (χ0n) is 14.0. The van der Waals surface area contributed by atoms with Crippen LogP contribution in [0.15, 0.2) is 12.3 Å². The van der Waals surface area contributed by atoms with Crippen LogP contribution in [0.1, 0.15) is 25.0 Å². The number of amides is 1.